The highest BCUT2D eigenvalue weighted by molar-refractivity contribution is 7.18. The van der Waals surface area contributed by atoms with Crippen LogP contribution in [-0.2, 0) is 10.2 Å². The Bertz CT molecular complexity index is 1060. The predicted octanol–water partition coefficient (Wildman–Crippen LogP) is 6.10. The minimum absolute atomic E-state index is 0.285. The maximum absolute atomic E-state index is 10.7. The number of thiazole rings is 1. The van der Waals surface area contributed by atoms with Gasteiger partial charge in [0.2, 0.25) is 0 Å². The molecule has 0 atom stereocenters. The lowest BCUT2D eigenvalue weighted by atomic mass is 9.54. The number of carboxylic acid groups (broad SMARTS) is 1. The minimum atomic E-state index is -0.923. The van der Waals surface area contributed by atoms with E-state index in [1.807, 2.05) is 29.5 Å². The van der Waals surface area contributed by atoms with E-state index in [1.165, 1.54) is 54.3 Å². The molecule has 154 valence electrons. The fourth-order valence-electron chi connectivity index (χ4n) is 5.16. The summed E-state index contributed by atoms with van der Waals surface area (Å²) in [5.74, 6) is -0.923. The molecule has 1 aromatic heterocycles. The standard InChI is InChI=1S/C25H26N2O2S/c28-22(29)9-8-18-4-3-5-19(16-18)26-17-24-10-13-25(14-11-24,15-12-24)23-27-20-6-1-2-7-21(20)30-23/h1-9,16,26H,10-15,17H2,(H,28,29)/b9-8+. The van der Waals surface area contributed by atoms with E-state index in [4.69, 9.17) is 10.1 Å². The number of fused-ring (bicyclic) bond motifs is 4. The molecule has 6 rings (SSSR count). The Morgan fingerprint density at radius 2 is 1.83 bits per heavy atom. The second-order valence-electron chi connectivity index (χ2n) is 8.92. The van der Waals surface area contributed by atoms with Crippen LogP contribution in [0.2, 0.25) is 0 Å². The van der Waals surface area contributed by atoms with Gasteiger partial charge in [-0.15, -0.1) is 11.3 Å². The summed E-state index contributed by atoms with van der Waals surface area (Å²) in [6, 6.07) is 16.5. The van der Waals surface area contributed by atoms with Crippen LogP contribution in [-0.4, -0.2) is 22.6 Å². The molecule has 0 saturated heterocycles. The Labute approximate surface area is 180 Å². The van der Waals surface area contributed by atoms with Gasteiger partial charge in [0.1, 0.15) is 0 Å². The van der Waals surface area contributed by atoms with E-state index in [-0.39, 0.29) is 5.41 Å². The molecule has 3 aromatic rings. The van der Waals surface area contributed by atoms with E-state index < -0.39 is 5.97 Å². The van der Waals surface area contributed by atoms with Gasteiger partial charge in [0.15, 0.2) is 0 Å². The first-order chi connectivity index (χ1) is 14.6. The van der Waals surface area contributed by atoms with Crippen molar-refractivity contribution >= 4 is 39.3 Å². The monoisotopic (exact) mass is 418 g/mol. The molecule has 4 nitrogen and oxygen atoms in total. The first-order valence-electron chi connectivity index (χ1n) is 10.7. The van der Waals surface area contributed by atoms with Crippen molar-refractivity contribution in [3.8, 4) is 0 Å². The molecule has 2 N–H and O–H groups in total. The van der Waals surface area contributed by atoms with Crippen molar-refractivity contribution in [1.82, 2.24) is 4.98 Å². The van der Waals surface area contributed by atoms with Gasteiger partial charge in [-0.2, -0.15) is 0 Å². The fourth-order valence-corrected chi connectivity index (χ4v) is 6.40. The zero-order valence-corrected chi connectivity index (χ0v) is 17.8. The maximum Gasteiger partial charge on any atom is 0.328 e. The summed E-state index contributed by atoms with van der Waals surface area (Å²) in [6.07, 6.45) is 10.3. The number of aliphatic carboxylic acids is 1. The lowest BCUT2D eigenvalue weighted by molar-refractivity contribution is -0.131. The third-order valence-electron chi connectivity index (χ3n) is 7.12. The van der Waals surface area contributed by atoms with Crippen molar-refractivity contribution in [3.05, 3.63) is 65.2 Å². The average molecular weight is 419 g/mol. The normalized spacial score (nSPS) is 25.7. The van der Waals surface area contributed by atoms with E-state index >= 15 is 0 Å². The number of hydrogen-bond acceptors (Lipinski definition) is 4. The molecule has 3 saturated carbocycles. The zero-order chi connectivity index (χ0) is 20.6. The van der Waals surface area contributed by atoms with Crippen molar-refractivity contribution in [2.45, 2.75) is 43.9 Å². The van der Waals surface area contributed by atoms with Crippen molar-refractivity contribution in [3.63, 3.8) is 0 Å². The summed E-state index contributed by atoms with van der Waals surface area (Å²) in [6.45, 7) is 0.981. The lowest BCUT2D eigenvalue weighted by Gasteiger charge is -2.52. The molecule has 0 spiro atoms. The van der Waals surface area contributed by atoms with Gasteiger partial charge in [0.25, 0.3) is 0 Å². The van der Waals surface area contributed by atoms with Gasteiger partial charge in [-0.25, -0.2) is 9.78 Å². The molecule has 1 heterocycles. The Balaban J connectivity index is 1.26. The molecule has 2 bridgehead atoms. The number of para-hydroxylation sites is 1. The SMILES string of the molecule is O=C(O)/C=C/c1cccc(NCC23CCC(c4nc5ccccc5s4)(CC2)CC3)c1. The third-order valence-corrected chi connectivity index (χ3v) is 8.40. The largest absolute Gasteiger partial charge is 0.478 e. The van der Waals surface area contributed by atoms with Crippen LogP contribution in [0, 0.1) is 5.41 Å². The Morgan fingerprint density at radius 3 is 2.57 bits per heavy atom. The number of nitrogens with zero attached hydrogens (tertiary/aromatic N) is 1. The molecular formula is C25H26N2O2S. The number of benzene rings is 2. The van der Waals surface area contributed by atoms with Gasteiger partial charge in [0.05, 0.1) is 15.2 Å². The van der Waals surface area contributed by atoms with E-state index in [0.29, 0.717) is 5.41 Å². The van der Waals surface area contributed by atoms with Crippen LogP contribution in [0.15, 0.2) is 54.6 Å². The Kier molecular flexibility index (Phi) is 4.86. The summed E-state index contributed by atoms with van der Waals surface area (Å²) in [5, 5.41) is 13.8. The van der Waals surface area contributed by atoms with E-state index in [0.717, 1.165) is 23.3 Å². The summed E-state index contributed by atoms with van der Waals surface area (Å²) < 4.78 is 1.31. The lowest BCUT2D eigenvalue weighted by Crippen LogP contribution is -2.47. The summed E-state index contributed by atoms with van der Waals surface area (Å²) in [7, 11) is 0. The molecule has 3 aliphatic rings. The van der Waals surface area contributed by atoms with Gasteiger partial charge in [-0.3, -0.25) is 0 Å². The van der Waals surface area contributed by atoms with Crippen LogP contribution in [0.5, 0.6) is 0 Å². The predicted molar refractivity (Wildman–Crippen MR) is 123 cm³/mol. The molecule has 0 unspecified atom stereocenters. The van der Waals surface area contributed by atoms with E-state index in [1.54, 1.807) is 6.08 Å². The zero-order valence-electron chi connectivity index (χ0n) is 16.9. The summed E-state index contributed by atoms with van der Waals surface area (Å²) in [5.41, 5.74) is 3.76. The third kappa shape index (κ3) is 3.63. The second-order valence-corrected chi connectivity index (χ2v) is 9.95. The Morgan fingerprint density at radius 1 is 1.07 bits per heavy atom. The van der Waals surface area contributed by atoms with E-state index in [2.05, 4.69) is 35.6 Å². The summed E-state index contributed by atoms with van der Waals surface area (Å²) in [4.78, 5) is 15.8. The molecule has 0 amide bonds. The highest BCUT2D eigenvalue weighted by Gasteiger charge is 2.50. The minimum Gasteiger partial charge on any atom is -0.478 e. The smallest absolute Gasteiger partial charge is 0.328 e. The molecule has 5 heteroatoms. The number of rotatable bonds is 6. The fraction of sp³-hybridized carbons (Fsp3) is 0.360. The van der Waals surface area contributed by atoms with Gasteiger partial charge >= 0.3 is 5.97 Å². The number of carboxylic acids is 1. The number of nitrogens with one attached hydrogen (secondary N) is 1. The number of carbonyl (C=O) groups is 1. The highest BCUT2D eigenvalue weighted by Crippen LogP contribution is 2.58. The van der Waals surface area contributed by atoms with Crippen molar-refractivity contribution in [2.24, 2.45) is 5.41 Å². The number of hydrogen-bond donors (Lipinski definition) is 2. The van der Waals surface area contributed by atoms with Crippen molar-refractivity contribution in [1.29, 1.82) is 0 Å². The summed E-state index contributed by atoms with van der Waals surface area (Å²) >= 11 is 1.89. The van der Waals surface area contributed by atoms with Crippen LogP contribution in [0.3, 0.4) is 0 Å². The quantitative estimate of drug-likeness (QED) is 0.475. The molecule has 3 fully saturated rings. The molecular weight excluding hydrogens is 392 g/mol. The first kappa shape index (κ1) is 19.3. The number of aromatic nitrogens is 1. The topological polar surface area (TPSA) is 62.2 Å². The molecule has 30 heavy (non-hydrogen) atoms. The average Bonchev–Trinajstić information content (AvgIpc) is 3.23. The van der Waals surface area contributed by atoms with Crippen molar-refractivity contribution < 1.29 is 9.90 Å². The van der Waals surface area contributed by atoms with Crippen LogP contribution in [0.4, 0.5) is 5.69 Å². The molecule has 2 aromatic carbocycles. The Hall–Kier alpha value is -2.66. The highest BCUT2D eigenvalue weighted by atomic mass is 32.1. The molecule has 3 aliphatic carbocycles. The van der Waals surface area contributed by atoms with Gasteiger partial charge in [-0.1, -0.05) is 24.3 Å². The van der Waals surface area contributed by atoms with Gasteiger partial charge < -0.3 is 10.4 Å². The molecule has 0 aliphatic heterocycles. The maximum atomic E-state index is 10.7. The van der Waals surface area contributed by atoms with Gasteiger partial charge in [-0.05, 0) is 79.8 Å². The number of anilines is 1. The van der Waals surface area contributed by atoms with Crippen molar-refractivity contribution in [2.75, 3.05) is 11.9 Å². The van der Waals surface area contributed by atoms with Crippen LogP contribution in [0.25, 0.3) is 16.3 Å². The van der Waals surface area contributed by atoms with Crippen LogP contribution >= 0.6 is 11.3 Å². The second kappa shape index (κ2) is 7.55. The van der Waals surface area contributed by atoms with Crippen LogP contribution in [0.1, 0.15) is 49.1 Å². The van der Waals surface area contributed by atoms with Gasteiger partial charge in [0, 0.05) is 23.7 Å². The van der Waals surface area contributed by atoms with E-state index in [9.17, 15) is 4.79 Å². The van der Waals surface area contributed by atoms with Crippen LogP contribution < -0.4 is 5.32 Å². The first-order valence-corrected chi connectivity index (χ1v) is 11.5. The molecule has 0 radical (unpaired) electrons.